The van der Waals surface area contributed by atoms with Crippen LogP contribution in [0.4, 0.5) is 5.69 Å². The van der Waals surface area contributed by atoms with Crippen LogP contribution in [0.15, 0.2) is 65.3 Å². The number of nitrogens with zero attached hydrogens (tertiary/aromatic N) is 1. The Labute approximate surface area is 182 Å². The lowest BCUT2D eigenvalue weighted by Crippen LogP contribution is -2.43. The predicted molar refractivity (Wildman–Crippen MR) is 120 cm³/mol. The molecule has 0 spiro atoms. The summed E-state index contributed by atoms with van der Waals surface area (Å²) in [5, 5.41) is 5.54. The molecule has 6 heteroatoms. The number of hydrogen-bond acceptors (Lipinski definition) is 4. The highest BCUT2D eigenvalue weighted by Gasteiger charge is 2.28. The van der Waals surface area contributed by atoms with Crippen molar-refractivity contribution >= 4 is 17.5 Å². The highest BCUT2D eigenvalue weighted by molar-refractivity contribution is 6.39. The number of furan rings is 1. The first-order valence-corrected chi connectivity index (χ1v) is 10.5. The van der Waals surface area contributed by atoms with Gasteiger partial charge in [0.2, 0.25) is 0 Å². The number of anilines is 1. The van der Waals surface area contributed by atoms with Gasteiger partial charge in [-0.15, -0.1) is 0 Å². The van der Waals surface area contributed by atoms with Crippen molar-refractivity contribution in [3.63, 3.8) is 0 Å². The standard InChI is InChI=1S/C25H27N3O3/c1-17-7-5-8-18(2)23(17)27-25(30)24(29)26-15-21(22-11-6-14-31-22)28-13-12-19-9-3-4-10-20(19)16-28/h3-11,14,21H,12-13,15-16H2,1-2H3,(H,26,29)(H,27,30). The minimum absolute atomic E-state index is 0.152. The Morgan fingerprint density at radius 1 is 0.968 bits per heavy atom. The molecule has 0 fully saturated rings. The number of para-hydroxylation sites is 1. The highest BCUT2D eigenvalue weighted by Crippen LogP contribution is 2.28. The van der Waals surface area contributed by atoms with Gasteiger partial charge in [-0.2, -0.15) is 0 Å². The van der Waals surface area contributed by atoms with Crippen LogP contribution in [0.3, 0.4) is 0 Å². The third kappa shape index (κ3) is 4.70. The van der Waals surface area contributed by atoms with Gasteiger partial charge in [-0.3, -0.25) is 14.5 Å². The molecule has 1 aliphatic heterocycles. The number of amides is 2. The lowest BCUT2D eigenvalue weighted by Gasteiger charge is -2.34. The average Bonchev–Trinajstić information content (AvgIpc) is 3.30. The van der Waals surface area contributed by atoms with Gasteiger partial charge in [0.15, 0.2) is 0 Å². The van der Waals surface area contributed by atoms with E-state index in [-0.39, 0.29) is 12.6 Å². The maximum Gasteiger partial charge on any atom is 0.313 e. The van der Waals surface area contributed by atoms with Crippen LogP contribution >= 0.6 is 0 Å². The number of nitrogens with one attached hydrogen (secondary N) is 2. The first-order chi connectivity index (χ1) is 15.0. The fourth-order valence-corrected chi connectivity index (χ4v) is 4.13. The van der Waals surface area contributed by atoms with Gasteiger partial charge in [0, 0.05) is 25.3 Å². The van der Waals surface area contributed by atoms with Crippen LogP contribution in [0.25, 0.3) is 0 Å². The van der Waals surface area contributed by atoms with Crippen LogP contribution in [-0.2, 0) is 22.6 Å². The van der Waals surface area contributed by atoms with E-state index in [4.69, 9.17) is 4.42 Å². The van der Waals surface area contributed by atoms with E-state index in [0.29, 0.717) is 5.69 Å². The van der Waals surface area contributed by atoms with Crippen LogP contribution in [0.1, 0.15) is 34.1 Å². The van der Waals surface area contributed by atoms with Gasteiger partial charge in [-0.05, 0) is 54.7 Å². The van der Waals surface area contributed by atoms with E-state index in [2.05, 4.69) is 33.7 Å². The van der Waals surface area contributed by atoms with E-state index in [1.54, 1.807) is 6.26 Å². The molecule has 3 aromatic rings. The summed E-state index contributed by atoms with van der Waals surface area (Å²) in [5.74, 6) is -0.550. The first-order valence-electron chi connectivity index (χ1n) is 10.5. The molecular formula is C25H27N3O3. The van der Waals surface area contributed by atoms with E-state index >= 15 is 0 Å². The van der Waals surface area contributed by atoms with Crippen molar-refractivity contribution in [1.82, 2.24) is 10.2 Å². The second-order valence-electron chi connectivity index (χ2n) is 7.95. The normalized spacial score (nSPS) is 14.5. The van der Waals surface area contributed by atoms with Crippen LogP contribution in [-0.4, -0.2) is 29.8 Å². The molecule has 1 unspecified atom stereocenters. The maximum atomic E-state index is 12.6. The quantitative estimate of drug-likeness (QED) is 0.620. The zero-order valence-electron chi connectivity index (χ0n) is 17.9. The summed E-state index contributed by atoms with van der Waals surface area (Å²) < 4.78 is 5.66. The van der Waals surface area contributed by atoms with Crippen molar-refractivity contribution in [2.75, 3.05) is 18.4 Å². The van der Waals surface area contributed by atoms with Gasteiger partial charge < -0.3 is 15.1 Å². The molecule has 2 heterocycles. The number of carbonyl (C=O) groups excluding carboxylic acids is 2. The van der Waals surface area contributed by atoms with Crippen molar-refractivity contribution in [2.24, 2.45) is 0 Å². The van der Waals surface area contributed by atoms with Crippen molar-refractivity contribution in [1.29, 1.82) is 0 Å². The summed E-state index contributed by atoms with van der Waals surface area (Å²) in [6.07, 6.45) is 2.57. The number of rotatable bonds is 5. The zero-order chi connectivity index (χ0) is 21.8. The molecule has 2 amide bonds. The lowest BCUT2D eigenvalue weighted by molar-refractivity contribution is -0.136. The van der Waals surface area contributed by atoms with E-state index in [1.165, 1.54) is 11.1 Å². The number of carbonyl (C=O) groups is 2. The topological polar surface area (TPSA) is 74.6 Å². The number of benzene rings is 2. The largest absolute Gasteiger partial charge is 0.468 e. The molecule has 2 aromatic carbocycles. The Hall–Kier alpha value is -3.38. The predicted octanol–water partition coefficient (Wildman–Crippen LogP) is 3.75. The van der Waals surface area contributed by atoms with Crippen molar-refractivity contribution in [2.45, 2.75) is 32.9 Å². The molecule has 0 bridgehead atoms. The number of hydrogen-bond donors (Lipinski definition) is 2. The highest BCUT2D eigenvalue weighted by atomic mass is 16.3. The van der Waals surface area contributed by atoms with Crippen LogP contribution in [0.2, 0.25) is 0 Å². The maximum absolute atomic E-state index is 12.6. The van der Waals surface area contributed by atoms with Crippen LogP contribution in [0, 0.1) is 13.8 Å². The fourth-order valence-electron chi connectivity index (χ4n) is 4.13. The van der Waals surface area contributed by atoms with E-state index in [9.17, 15) is 9.59 Å². The van der Waals surface area contributed by atoms with Gasteiger partial charge >= 0.3 is 11.8 Å². The Kier molecular flexibility index (Phi) is 6.18. The molecule has 160 valence electrons. The first kappa shape index (κ1) is 20.9. The van der Waals surface area contributed by atoms with Gasteiger partial charge in [0.05, 0.1) is 12.3 Å². The summed E-state index contributed by atoms with van der Waals surface area (Å²) in [5.41, 5.74) is 5.15. The van der Waals surface area contributed by atoms with Crippen LogP contribution in [0.5, 0.6) is 0 Å². The lowest BCUT2D eigenvalue weighted by atomic mass is 9.98. The summed E-state index contributed by atoms with van der Waals surface area (Å²) in [6.45, 7) is 5.72. The SMILES string of the molecule is Cc1cccc(C)c1NC(=O)C(=O)NCC(c1ccco1)N1CCc2ccccc2C1. The third-order valence-corrected chi connectivity index (χ3v) is 5.85. The molecule has 2 N–H and O–H groups in total. The summed E-state index contributed by atoms with van der Waals surface area (Å²) in [7, 11) is 0. The molecule has 0 radical (unpaired) electrons. The summed E-state index contributed by atoms with van der Waals surface area (Å²) >= 11 is 0. The molecule has 31 heavy (non-hydrogen) atoms. The molecule has 0 aliphatic carbocycles. The van der Waals surface area contributed by atoms with Gasteiger partial charge in [0.25, 0.3) is 0 Å². The minimum Gasteiger partial charge on any atom is -0.468 e. The van der Waals surface area contributed by atoms with E-state index < -0.39 is 11.8 Å². The van der Waals surface area contributed by atoms with Gasteiger partial charge in [-0.1, -0.05) is 42.5 Å². The molecule has 1 atom stereocenters. The fraction of sp³-hybridized carbons (Fsp3) is 0.280. The minimum atomic E-state index is -0.667. The smallest absolute Gasteiger partial charge is 0.313 e. The van der Waals surface area contributed by atoms with Crippen molar-refractivity contribution < 1.29 is 14.0 Å². The molecule has 6 nitrogen and oxygen atoms in total. The Bertz CT molecular complexity index is 1060. The molecule has 0 saturated carbocycles. The second-order valence-corrected chi connectivity index (χ2v) is 7.95. The molecule has 1 aromatic heterocycles. The molecule has 4 rings (SSSR count). The van der Waals surface area contributed by atoms with Gasteiger partial charge in [0.1, 0.15) is 5.76 Å². The van der Waals surface area contributed by atoms with E-state index in [0.717, 1.165) is 36.4 Å². The monoisotopic (exact) mass is 417 g/mol. The number of aryl methyl sites for hydroxylation is 2. The zero-order valence-corrected chi connectivity index (χ0v) is 17.9. The van der Waals surface area contributed by atoms with E-state index in [1.807, 2.05) is 50.2 Å². The molecule has 0 saturated heterocycles. The molecule has 1 aliphatic rings. The second kappa shape index (κ2) is 9.18. The van der Waals surface area contributed by atoms with Crippen molar-refractivity contribution in [3.8, 4) is 0 Å². The Morgan fingerprint density at radius 2 is 1.71 bits per heavy atom. The number of fused-ring (bicyclic) bond motifs is 1. The van der Waals surface area contributed by atoms with Crippen molar-refractivity contribution in [3.05, 3.63) is 88.9 Å². The summed E-state index contributed by atoms with van der Waals surface area (Å²) in [6, 6.07) is 17.7. The third-order valence-electron chi connectivity index (χ3n) is 5.85. The summed E-state index contributed by atoms with van der Waals surface area (Å²) in [4.78, 5) is 27.3. The molecular weight excluding hydrogens is 390 g/mol. The Morgan fingerprint density at radius 3 is 2.42 bits per heavy atom. The average molecular weight is 418 g/mol. The Balaban J connectivity index is 1.44. The van der Waals surface area contributed by atoms with Gasteiger partial charge in [-0.25, -0.2) is 0 Å². The van der Waals surface area contributed by atoms with Crippen LogP contribution < -0.4 is 10.6 Å².